The Labute approximate surface area is 133 Å². The van der Waals surface area contributed by atoms with Gasteiger partial charge in [-0.15, -0.1) is 0 Å². The van der Waals surface area contributed by atoms with E-state index in [2.05, 4.69) is 13.8 Å². The number of carbonyl (C=O) groups is 1. The first-order valence-corrected chi connectivity index (χ1v) is 8.26. The van der Waals surface area contributed by atoms with Crippen LogP contribution in [0.25, 0.3) is 0 Å². The zero-order chi connectivity index (χ0) is 15.9. The summed E-state index contributed by atoms with van der Waals surface area (Å²) in [5.41, 5.74) is 0. The first-order valence-electron chi connectivity index (χ1n) is 8.26. The van der Waals surface area contributed by atoms with E-state index in [0.717, 1.165) is 37.4 Å². The second kappa shape index (κ2) is 8.06. The van der Waals surface area contributed by atoms with Crippen LogP contribution in [0, 0.1) is 5.92 Å². The van der Waals surface area contributed by atoms with Crippen molar-refractivity contribution < 1.29 is 14.3 Å². The molecule has 122 valence electrons. The van der Waals surface area contributed by atoms with Crippen LogP contribution in [0.4, 0.5) is 0 Å². The molecular formula is C18H27NO3. The largest absolute Gasteiger partial charge is 0.490 e. The van der Waals surface area contributed by atoms with E-state index < -0.39 is 0 Å². The fourth-order valence-electron chi connectivity index (χ4n) is 2.70. The maximum Gasteiger partial charge on any atom is 0.222 e. The molecule has 0 spiro atoms. The second-order valence-corrected chi connectivity index (χ2v) is 6.18. The van der Waals surface area contributed by atoms with Gasteiger partial charge in [0.25, 0.3) is 0 Å². The number of piperidine rings is 1. The van der Waals surface area contributed by atoms with Crippen LogP contribution in [-0.4, -0.2) is 36.6 Å². The van der Waals surface area contributed by atoms with E-state index in [0.29, 0.717) is 18.9 Å². The Hall–Kier alpha value is -1.71. The molecule has 0 aromatic heterocycles. The molecule has 0 radical (unpaired) electrons. The van der Waals surface area contributed by atoms with Crippen molar-refractivity contribution in [3.63, 3.8) is 0 Å². The monoisotopic (exact) mass is 305 g/mol. The van der Waals surface area contributed by atoms with Crippen LogP contribution in [0.2, 0.25) is 0 Å². The van der Waals surface area contributed by atoms with Gasteiger partial charge in [0.1, 0.15) is 6.10 Å². The first-order chi connectivity index (χ1) is 10.6. The van der Waals surface area contributed by atoms with E-state index in [4.69, 9.17) is 9.47 Å². The minimum atomic E-state index is 0.157. The smallest absolute Gasteiger partial charge is 0.222 e. The van der Waals surface area contributed by atoms with E-state index >= 15 is 0 Å². The SMILES string of the molecule is CCOc1ccccc1OC1CCN(C(=O)CC(C)C)CC1. The van der Waals surface area contributed by atoms with Gasteiger partial charge in [0.05, 0.1) is 6.61 Å². The molecular weight excluding hydrogens is 278 g/mol. The van der Waals surface area contributed by atoms with Gasteiger partial charge in [-0.25, -0.2) is 0 Å². The highest BCUT2D eigenvalue weighted by Gasteiger charge is 2.24. The van der Waals surface area contributed by atoms with Crippen molar-refractivity contribution in [2.75, 3.05) is 19.7 Å². The van der Waals surface area contributed by atoms with Crippen LogP contribution >= 0.6 is 0 Å². The number of rotatable bonds is 6. The third-order valence-electron chi connectivity index (χ3n) is 3.82. The summed E-state index contributed by atoms with van der Waals surface area (Å²) in [4.78, 5) is 14.0. The molecule has 0 unspecified atom stereocenters. The van der Waals surface area contributed by atoms with Gasteiger partial charge in [0, 0.05) is 32.4 Å². The molecule has 1 heterocycles. The molecule has 1 aromatic carbocycles. The zero-order valence-corrected chi connectivity index (χ0v) is 13.9. The van der Waals surface area contributed by atoms with Crippen molar-refractivity contribution in [1.29, 1.82) is 0 Å². The summed E-state index contributed by atoms with van der Waals surface area (Å²) in [6.45, 7) is 8.33. The normalized spacial score (nSPS) is 15.9. The molecule has 0 atom stereocenters. The van der Waals surface area contributed by atoms with E-state index in [-0.39, 0.29) is 12.0 Å². The second-order valence-electron chi connectivity index (χ2n) is 6.18. The molecule has 22 heavy (non-hydrogen) atoms. The Morgan fingerprint density at radius 1 is 1.23 bits per heavy atom. The van der Waals surface area contributed by atoms with Crippen LogP contribution in [0.1, 0.15) is 40.0 Å². The van der Waals surface area contributed by atoms with Crippen LogP contribution in [0.3, 0.4) is 0 Å². The fraction of sp³-hybridized carbons (Fsp3) is 0.611. The predicted molar refractivity (Wildman–Crippen MR) is 87.3 cm³/mol. The van der Waals surface area contributed by atoms with Gasteiger partial charge in [-0.1, -0.05) is 26.0 Å². The predicted octanol–water partition coefficient (Wildman–Crippen LogP) is 3.50. The molecule has 4 nitrogen and oxygen atoms in total. The van der Waals surface area contributed by atoms with Crippen molar-refractivity contribution in [3.8, 4) is 11.5 Å². The average Bonchev–Trinajstić information content (AvgIpc) is 2.49. The Balaban J connectivity index is 1.86. The Bertz CT molecular complexity index is 479. The maximum atomic E-state index is 12.1. The van der Waals surface area contributed by atoms with E-state index in [1.165, 1.54) is 0 Å². The quantitative estimate of drug-likeness (QED) is 0.807. The number of hydrogen-bond acceptors (Lipinski definition) is 3. The van der Waals surface area contributed by atoms with E-state index in [1.807, 2.05) is 36.1 Å². The van der Waals surface area contributed by atoms with Gasteiger partial charge in [-0.05, 0) is 25.0 Å². The van der Waals surface area contributed by atoms with E-state index in [1.54, 1.807) is 0 Å². The number of amides is 1. The molecule has 1 saturated heterocycles. The highest BCUT2D eigenvalue weighted by atomic mass is 16.5. The minimum Gasteiger partial charge on any atom is -0.490 e. The van der Waals surface area contributed by atoms with Crippen LogP contribution in [-0.2, 0) is 4.79 Å². The summed E-state index contributed by atoms with van der Waals surface area (Å²) in [6, 6.07) is 7.78. The Morgan fingerprint density at radius 2 is 1.86 bits per heavy atom. The third-order valence-corrected chi connectivity index (χ3v) is 3.82. The number of ether oxygens (including phenoxy) is 2. The van der Waals surface area contributed by atoms with Gasteiger partial charge in [-0.3, -0.25) is 4.79 Å². The Kier molecular flexibility index (Phi) is 6.10. The van der Waals surface area contributed by atoms with Crippen molar-refractivity contribution >= 4 is 5.91 Å². The molecule has 1 aliphatic heterocycles. The molecule has 0 saturated carbocycles. The van der Waals surface area contributed by atoms with E-state index in [9.17, 15) is 4.79 Å². The summed E-state index contributed by atoms with van der Waals surface area (Å²) in [5.74, 6) is 2.28. The summed E-state index contributed by atoms with van der Waals surface area (Å²) in [6.07, 6.45) is 2.55. The highest BCUT2D eigenvalue weighted by Crippen LogP contribution is 2.29. The lowest BCUT2D eigenvalue weighted by molar-refractivity contribution is -0.133. The topological polar surface area (TPSA) is 38.8 Å². The fourth-order valence-corrected chi connectivity index (χ4v) is 2.70. The molecule has 1 fully saturated rings. The number of benzene rings is 1. The molecule has 0 N–H and O–H groups in total. The van der Waals surface area contributed by atoms with Crippen LogP contribution < -0.4 is 9.47 Å². The third kappa shape index (κ3) is 4.65. The van der Waals surface area contributed by atoms with Gasteiger partial charge in [0.15, 0.2) is 11.5 Å². The van der Waals surface area contributed by atoms with Crippen molar-refractivity contribution in [3.05, 3.63) is 24.3 Å². The molecule has 4 heteroatoms. The van der Waals surface area contributed by atoms with Crippen molar-refractivity contribution in [1.82, 2.24) is 4.90 Å². The molecule has 1 aliphatic rings. The number of likely N-dealkylation sites (tertiary alicyclic amines) is 1. The van der Waals surface area contributed by atoms with Crippen LogP contribution in [0.15, 0.2) is 24.3 Å². The first kappa shape index (κ1) is 16.7. The van der Waals surface area contributed by atoms with Gasteiger partial charge in [0.2, 0.25) is 5.91 Å². The maximum absolute atomic E-state index is 12.1. The minimum absolute atomic E-state index is 0.157. The number of carbonyl (C=O) groups excluding carboxylic acids is 1. The molecule has 2 rings (SSSR count). The summed E-state index contributed by atoms with van der Waals surface area (Å²) < 4.78 is 11.7. The summed E-state index contributed by atoms with van der Waals surface area (Å²) in [7, 11) is 0. The van der Waals surface area contributed by atoms with Crippen molar-refractivity contribution in [2.45, 2.75) is 46.1 Å². The van der Waals surface area contributed by atoms with Crippen molar-refractivity contribution in [2.24, 2.45) is 5.92 Å². The lowest BCUT2D eigenvalue weighted by Crippen LogP contribution is -2.42. The Morgan fingerprint density at radius 3 is 2.45 bits per heavy atom. The number of hydrogen-bond donors (Lipinski definition) is 0. The van der Waals surface area contributed by atoms with Crippen LogP contribution in [0.5, 0.6) is 11.5 Å². The molecule has 1 aromatic rings. The van der Waals surface area contributed by atoms with Gasteiger partial charge in [-0.2, -0.15) is 0 Å². The average molecular weight is 305 g/mol. The molecule has 1 amide bonds. The molecule has 0 bridgehead atoms. The van der Waals surface area contributed by atoms with Gasteiger partial charge < -0.3 is 14.4 Å². The van der Waals surface area contributed by atoms with Gasteiger partial charge >= 0.3 is 0 Å². The highest BCUT2D eigenvalue weighted by molar-refractivity contribution is 5.76. The lowest BCUT2D eigenvalue weighted by Gasteiger charge is -2.33. The summed E-state index contributed by atoms with van der Waals surface area (Å²) in [5, 5.41) is 0. The lowest BCUT2D eigenvalue weighted by atomic mass is 10.0. The molecule has 0 aliphatic carbocycles. The number of para-hydroxylation sites is 2. The summed E-state index contributed by atoms with van der Waals surface area (Å²) >= 11 is 0. The zero-order valence-electron chi connectivity index (χ0n) is 13.9. The number of nitrogens with zero attached hydrogens (tertiary/aromatic N) is 1. The standard InChI is InChI=1S/C18H27NO3/c1-4-21-16-7-5-6-8-17(16)22-15-9-11-19(12-10-15)18(20)13-14(2)3/h5-8,14-15H,4,9-13H2,1-3H3.